The van der Waals surface area contributed by atoms with E-state index in [-0.39, 0.29) is 15.1 Å². The monoisotopic (exact) mass is 723 g/mol. The van der Waals surface area contributed by atoms with Crippen molar-refractivity contribution in [3.63, 3.8) is 0 Å². The normalized spacial score (nSPS) is 14.8. The van der Waals surface area contributed by atoms with Crippen LogP contribution in [0.1, 0.15) is 140 Å². The molecule has 0 heterocycles. The summed E-state index contributed by atoms with van der Waals surface area (Å²) in [5.74, 6) is 0. The highest BCUT2D eigenvalue weighted by Crippen LogP contribution is 2.47. The lowest BCUT2D eigenvalue weighted by molar-refractivity contribution is 0.188. The summed E-state index contributed by atoms with van der Waals surface area (Å²) >= 11 is 0. The van der Waals surface area contributed by atoms with E-state index in [2.05, 4.69) is 122 Å². The average molecular weight is 723 g/mol. The number of hydrogen-bond donors (Lipinski definition) is 0. The second-order valence-corrected chi connectivity index (χ2v) is 39.5. The highest BCUT2D eigenvalue weighted by atomic mass is 28.5. The van der Waals surface area contributed by atoms with E-state index >= 15 is 0 Å². The van der Waals surface area contributed by atoms with E-state index in [1.165, 1.54) is 57.8 Å². The van der Waals surface area contributed by atoms with Gasteiger partial charge in [0.15, 0.2) is 25.0 Å². The van der Waals surface area contributed by atoms with Crippen molar-refractivity contribution < 1.29 is 21.2 Å². The fraction of sp³-hybridized carbons (Fsp3) is 1.00. The molecular weight excluding hydrogens is 641 g/mol. The SMILES string of the molecule is CCO[Si](C)(CCCCCCCCCCCC[Si](O[Si](C)(C)C(C)(C)C)(O[Si](C)(C)C(C)(C)C)O[Si](C)(C)C(C)(C)C)OCC. The quantitative estimate of drug-likeness (QED) is 0.0776. The van der Waals surface area contributed by atoms with E-state index in [1.807, 2.05) is 0 Å². The molecule has 0 saturated carbocycles. The van der Waals surface area contributed by atoms with Crippen molar-refractivity contribution in [2.75, 3.05) is 13.2 Å². The van der Waals surface area contributed by atoms with E-state index in [9.17, 15) is 0 Å². The van der Waals surface area contributed by atoms with Gasteiger partial charge in [-0.3, -0.25) is 0 Å². The lowest BCUT2D eigenvalue weighted by Gasteiger charge is -2.52. The third-order valence-corrected chi connectivity index (χ3v) is 35.6. The molecule has 272 valence electrons. The Balaban J connectivity index is 5.33. The second kappa shape index (κ2) is 18.8. The molecule has 0 spiro atoms. The minimum Gasteiger partial charge on any atom is -0.416 e. The Morgan fingerprint density at radius 2 is 0.622 bits per heavy atom. The molecule has 0 aliphatic heterocycles. The zero-order chi connectivity index (χ0) is 35.4. The highest BCUT2D eigenvalue weighted by molar-refractivity contribution is 6.92. The summed E-state index contributed by atoms with van der Waals surface area (Å²) in [6, 6.07) is 2.07. The lowest BCUT2D eigenvalue weighted by atomic mass is 10.1. The zero-order valence-corrected chi connectivity index (χ0v) is 38.9. The Kier molecular flexibility index (Phi) is 19.1. The maximum Gasteiger partial charge on any atom is 0.469 e. The summed E-state index contributed by atoms with van der Waals surface area (Å²) in [4.78, 5) is 0. The minimum atomic E-state index is -2.98. The molecule has 0 atom stereocenters. The van der Waals surface area contributed by atoms with Crippen LogP contribution in [0, 0.1) is 0 Å². The zero-order valence-electron chi connectivity index (χ0n) is 33.9. The highest BCUT2D eigenvalue weighted by Gasteiger charge is 2.57. The number of unbranched alkanes of at least 4 members (excludes halogenated alkanes) is 9. The van der Waals surface area contributed by atoms with E-state index in [0.29, 0.717) is 0 Å². The van der Waals surface area contributed by atoms with Crippen molar-refractivity contribution >= 4 is 42.3 Å². The molecule has 0 saturated heterocycles. The molecule has 45 heavy (non-hydrogen) atoms. The predicted molar refractivity (Wildman–Crippen MR) is 211 cm³/mol. The van der Waals surface area contributed by atoms with Gasteiger partial charge in [0.2, 0.25) is 0 Å². The maximum absolute atomic E-state index is 7.48. The minimum absolute atomic E-state index is 0.104. The smallest absolute Gasteiger partial charge is 0.416 e. The van der Waals surface area contributed by atoms with Gasteiger partial charge in [-0.05, 0) is 87.3 Å². The van der Waals surface area contributed by atoms with Crippen molar-refractivity contribution in [1.29, 1.82) is 0 Å². The van der Waals surface area contributed by atoms with Gasteiger partial charge in [-0.2, -0.15) is 0 Å². The average Bonchev–Trinajstić information content (AvgIpc) is 2.82. The maximum atomic E-state index is 7.48. The summed E-state index contributed by atoms with van der Waals surface area (Å²) in [6.07, 6.45) is 12.9. The number of hydrogen-bond acceptors (Lipinski definition) is 5. The van der Waals surface area contributed by atoms with Gasteiger partial charge in [-0.15, -0.1) is 0 Å². The van der Waals surface area contributed by atoms with Crippen LogP contribution in [0.4, 0.5) is 0 Å². The third kappa shape index (κ3) is 16.4. The van der Waals surface area contributed by atoms with Gasteiger partial charge in [-0.1, -0.05) is 120 Å². The Morgan fingerprint density at radius 1 is 0.378 bits per heavy atom. The van der Waals surface area contributed by atoms with Crippen LogP contribution in [0.2, 0.25) is 73.0 Å². The molecule has 5 nitrogen and oxygen atoms in total. The van der Waals surface area contributed by atoms with Crippen LogP contribution in [0.3, 0.4) is 0 Å². The van der Waals surface area contributed by atoms with Crippen molar-refractivity contribution in [3.8, 4) is 0 Å². The van der Waals surface area contributed by atoms with E-state index < -0.39 is 42.3 Å². The predicted octanol–water partition coefficient (Wildman–Crippen LogP) is 13.0. The summed E-state index contributed by atoms with van der Waals surface area (Å²) in [6.45, 7) is 43.3. The largest absolute Gasteiger partial charge is 0.469 e. The van der Waals surface area contributed by atoms with Crippen molar-refractivity contribution in [2.24, 2.45) is 0 Å². The third-order valence-electron chi connectivity index (χ3n) is 10.9. The van der Waals surface area contributed by atoms with E-state index in [0.717, 1.165) is 31.7 Å². The Bertz CT molecular complexity index is 737. The van der Waals surface area contributed by atoms with Gasteiger partial charge >= 0.3 is 17.4 Å². The first-order valence-electron chi connectivity index (χ1n) is 18.6. The fourth-order valence-electron chi connectivity index (χ4n) is 4.84. The standard InChI is InChI=1S/C35H82O5Si5/c1-19-36-44(18,37-20-2)31-29-27-25-23-21-22-24-26-28-30-32-45(38-41(12,13)33(3,4)5,39-42(14,15)34(6,7)8)40-43(16,17)35(9,10)11/h19-32H2,1-18H3. The Labute approximate surface area is 289 Å². The van der Waals surface area contributed by atoms with Crippen LogP contribution in [-0.2, 0) is 21.2 Å². The first-order chi connectivity index (χ1) is 20.2. The van der Waals surface area contributed by atoms with Gasteiger partial charge in [0, 0.05) is 19.3 Å². The molecule has 0 fully saturated rings. The molecule has 0 aliphatic carbocycles. The van der Waals surface area contributed by atoms with Gasteiger partial charge in [0.05, 0.1) is 0 Å². The molecule has 0 rings (SSSR count). The first kappa shape index (κ1) is 45.9. The van der Waals surface area contributed by atoms with Crippen LogP contribution < -0.4 is 0 Å². The molecule has 0 N–H and O–H groups in total. The second-order valence-electron chi connectivity index (χ2n) is 18.3. The van der Waals surface area contributed by atoms with Gasteiger partial charge in [-0.25, -0.2) is 0 Å². The molecule has 0 amide bonds. The van der Waals surface area contributed by atoms with Crippen molar-refractivity contribution in [1.82, 2.24) is 0 Å². The molecule has 0 radical (unpaired) electrons. The molecule has 0 aromatic rings. The molecule has 10 heteroatoms. The van der Waals surface area contributed by atoms with Crippen LogP contribution in [0.15, 0.2) is 0 Å². The van der Waals surface area contributed by atoms with Crippen LogP contribution >= 0.6 is 0 Å². The summed E-state index contributed by atoms with van der Waals surface area (Å²) in [5, 5.41) is 0.313. The molecule has 0 bridgehead atoms. The van der Waals surface area contributed by atoms with Gasteiger partial charge < -0.3 is 21.2 Å². The van der Waals surface area contributed by atoms with Crippen LogP contribution in [0.5, 0.6) is 0 Å². The Hall–Kier alpha value is 0.884. The van der Waals surface area contributed by atoms with Gasteiger partial charge in [0.1, 0.15) is 0 Å². The summed E-state index contributed by atoms with van der Waals surface area (Å²) < 4.78 is 34.4. The van der Waals surface area contributed by atoms with E-state index in [4.69, 9.17) is 21.2 Å². The summed E-state index contributed by atoms with van der Waals surface area (Å²) in [7, 11) is -11.3. The van der Waals surface area contributed by atoms with E-state index in [1.54, 1.807) is 0 Å². The van der Waals surface area contributed by atoms with Crippen LogP contribution in [-0.4, -0.2) is 55.5 Å². The Morgan fingerprint density at radius 3 is 0.867 bits per heavy atom. The molecule has 0 aromatic carbocycles. The molecule has 0 aliphatic rings. The lowest BCUT2D eigenvalue weighted by Crippen LogP contribution is -2.65. The van der Waals surface area contributed by atoms with Crippen molar-refractivity contribution in [2.45, 2.75) is 213 Å². The van der Waals surface area contributed by atoms with Crippen LogP contribution in [0.25, 0.3) is 0 Å². The molecular formula is C35H82O5Si5. The molecule has 0 aromatic heterocycles. The van der Waals surface area contributed by atoms with Gasteiger partial charge in [0.25, 0.3) is 0 Å². The first-order valence-corrected chi connectivity index (χ1v) is 31.8. The summed E-state index contributed by atoms with van der Waals surface area (Å²) in [5.41, 5.74) is 0. The van der Waals surface area contributed by atoms with Crippen molar-refractivity contribution in [3.05, 3.63) is 0 Å². The fourth-order valence-corrected chi connectivity index (χ4v) is 23.9. The number of rotatable bonds is 23. The topological polar surface area (TPSA) is 46.2 Å². The molecule has 0 unspecified atom stereocenters.